The predicted octanol–water partition coefficient (Wildman–Crippen LogP) is 2.80. The zero-order chi connectivity index (χ0) is 16.5. The Morgan fingerprint density at radius 3 is 2.74 bits per heavy atom. The maximum atomic E-state index is 11.6. The fourth-order valence-electron chi connectivity index (χ4n) is 2.59. The van der Waals surface area contributed by atoms with Crippen LogP contribution in [0.4, 0.5) is 0 Å². The molecule has 0 radical (unpaired) electrons. The van der Waals surface area contributed by atoms with Crippen molar-refractivity contribution in [2.75, 3.05) is 21.0 Å². The lowest BCUT2D eigenvalue weighted by Gasteiger charge is -2.34. The van der Waals surface area contributed by atoms with Crippen molar-refractivity contribution in [1.82, 2.24) is 0 Å². The number of hydrogen-bond donors (Lipinski definition) is 0. The summed E-state index contributed by atoms with van der Waals surface area (Å²) in [4.78, 5) is 11.6. The van der Waals surface area contributed by atoms with E-state index in [0.717, 1.165) is 18.4 Å². The highest BCUT2D eigenvalue weighted by Gasteiger charge is 2.33. The van der Waals surface area contributed by atoms with Gasteiger partial charge in [0.25, 0.3) is 0 Å². The molecule has 5 heteroatoms. The Hall–Kier alpha value is -1.69. The Kier molecular flexibility index (Phi) is 7.26. The summed E-state index contributed by atoms with van der Waals surface area (Å²) < 4.78 is 21.3. The zero-order valence-electron chi connectivity index (χ0n) is 13.6. The highest BCUT2D eigenvalue weighted by Crippen LogP contribution is 2.26. The molecule has 1 saturated heterocycles. The van der Waals surface area contributed by atoms with Crippen LogP contribution in [0.3, 0.4) is 0 Å². The molecule has 0 amide bonds. The maximum Gasteiger partial charge on any atom is 0.308 e. The van der Waals surface area contributed by atoms with E-state index in [0.29, 0.717) is 0 Å². The van der Waals surface area contributed by atoms with E-state index in [9.17, 15) is 4.79 Å². The van der Waals surface area contributed by atoms with Gasteiger partial charge in [-0.1, -0.05) is 42.5 Å². The number of ether oxygens (including phenoxy) is 4. The van der Waals surface area contributed by atoms with E-state index in [1.54, 1.807) is 7.11 Å². The molecule has 1 aliphatic heterocycles. The summed E-state index contributed by atoms with van der Waals surface area (Å²) in [5.74, 6) is -0.297. The van der Waals surface area contributed by atoms with Crippen LogP contribution in [0.2, 0.25) is 0 Å². The lowest BCUT2D eigenvalue weighted by molar-refractivity contribution is -0.174. The number of carbonyl (C=O) groups is 1. The van der Waals surface area contributed by atoms with Crippen LogP contribution in [0.5, 0.6) is 0 Å². The monoisotopic (exact) mass is 320 g/mol. The third kappa shape index (κ3) is 5.78. The van der Waals surface area contributed by atoms with Crippen molar-refractivity contribution in [2.45, 2.75) is 37.6 Å². The van der Waals surface area contributed by atoms with Gasteiger partial charge >= 0.3 is 5.97 Å². The topological polar surface area (TPSA) is 54.0 Å². The quantitative estimate of drug-likeness (QED) is 0.571. The van der Waals surface area contributed by atoms with Crippen LogP contribution in [-0.4, -0.2) is 45.3 Å². The summed E-state index contributed by atoms with van der Waals surface area (Å²) in [5, 5.41) is 0. The fraction of sp³-hybridized carbons (Fsp3) is 0.500. The van der Waals surface area contributed by atoms with Gasteiger partial charge in [-0.15, -0.1) is 0 Å². The number of carbonyl (C=O) groups excluding carboxylic acids is 1. The van der Waals surface area contributed by atoms with Gasteiger partial charge in [-0.3, -0.25) is 4.79 Å². The minimum absolute atomic E-state index is 0.0349. The van der Waals surface area contributed by atoms with Gasteiger partial charge in [0.1, 0.15) is 6.79 Å². The van der Waals surface area contributed by atoms with Gasteiger partial charge in [-0.05, 0) is 18.4 Å². The van der Waals surface area contributed by atoms with Gasteiger partial charge in [0.2, 0.25) is 0 Å². The van der Waals surface area contributed by atoms with E-state index >= 15 is 0 Å². The highest BCUT2D eigenvalue weighted by molar-refractivity contribution is 5.69. The maximum absolute atomic E-state index is 11.6. The molecule has 23 heavy (non-hydrogen) atoms. The average molecular weight is 320 g/mol. The van der Waals surface area contributed by atoms with Crippen LogP contribution in [0.15, 0.2) is 36.4 Å². The van der Waals surface area contributed by atoms with Gasteiger partial charge in [-0.25, -0.2) is 0 Å². The Morgan fingerprint density at radius 2 is 2.04 bits per heavy atom. The molecule has 2 rings (SSSR count). The second kappa shape index (κ2) is 9.45. The first-order valence-electron chi connectivity index (χ1n) is 7.79. The summed E-state index contributed by atoms with van der Waals surface area (Å²) >= 11 is 0. The molecular formula is C18H24O5. The van der Waals surface area contributed by atoms with Gasteiger partial charge < -0.3 is 18.9 Å². The molecule has 0 bridgehead atoms. The zero-order valence-corrected chi connectivity index (χ0v) is 13.6. The summed E-state index contributed by atoms with van der Waals surface area (Å²) in [6, 6.07) is 10.1. The summed E-state index contributed by atoms with van der Waals surface area (Å²) in [7, 11) is 2.95. The van der Waals surface area contributed by atoms with Crippen molar-refractivity contribution >= 4 is 12.0 Å². The van der Waals surface area contributed by atoms with Gasteiger partial charge in [0.15, 0.2) is 0 Å². The third-order valence-corrected chi connectivity index (χ3v) is 3.80. The second-order valence-electron chi connectivity index (χ2n) is 5.45. The SMILES string of the molecule is COCO[C@H]1CC[C@H](/C=C/c2ccccc2)O[C@@H]1CC(=O)OC. The highest BCUT2D eigenvalue weighted by atomic mass is 16.7. The van der Waals surface area contributed by atoms with E-state index < -0.39 is 0 Å². The van der Waals surface area contributed by atoms with Crippen LogP contribution >= 0.6 is 0 Å². The van der Waals surface area contributed by atoms with E-state index in [4.69, 9.17) is 18.9 Å². The Balaban J connectivity index is 1.96. The van der Waals surface area contributed by atoms with E-state index in [-0.39, 0.29) is 37.5 Å². The van der Waals surface area contributed by atoms with Gasteiger partial charge in [0, 0.05) is 7.11 Å². The van der Waals surface area contributed by atoms with Gasteiger partial charge in [0.05, 0.1) is 31.8 Å². The largest absolute Gasteiger partial charge is 0.469 e. The minimum atomic E-state index is -0.322. The van der Waals surface area contributed by atoms with Crippen LogP contribution in [-0.2, 0) is 23.7 Å². The van der Waals surface area contributed by atoms with Crippen LogP contribution in [0, 0.1) is 0 Å². The first-order valence-corrected chi connectivity index (χ1v) is 7.79. The minimum Gasteiger partial charge on any atom is -0.469 e. The van der Waals surface area contributed by atoms with Crippen LogP contribution < -0.4 is 0 Å². The van der Waals surface area contributed by atoms with Crippen molar-refractivity contribution in [2.24, 2.45) is 0 Å². The van der Waals surface area contributed by atoms with Crippen molar-refractivity contribution in [3.63, 3.8) is 0 Å². The lowest BCUT2D eigenvalue weighted by atomic mass is 9.98. The summed E-state index contributed by atoms with van der Waals surface area (Å²) in [6.45, 7) is 0.191. The van der Waals surface area contributed by atoms with Crippen molar-refractivity contribution in [3.8, 4) is 0 Å². The Labute approximate surface area is 137 Å². The molecule has 0 aromatic heterocycles. The molecule has 1 fully saturated rings. The Bertz CT molecular complexity index is 499. The van der Waals surface area contributed by atoms with E-state index in [1.807, 2.05) is 42.5 Å². The predicted molar refractivity (Wildman–Crippen MR) is 86.8 cm³/mol. The first kappa shape index (κ1) is 17.7. The molecule has 1 aliphatic rings. The number of hydrogen-bond acceptors (Lipinski definition) is 5. The van der Waals surface area contributed by atoms with Crippen molar-refractivity contribution in [1.29, 1.82) is 0 Å². The number of methoxy groups -OCH3 is 2. The molecule has 0 spiro atoms. The average Bonchev–Trinajstić information content (AvgIpc) is 2.60. The van der Waals surface area contributed by atoms with Gasteiger partial charge in [-0.2, -0.15) is 0 Å². The normalized spacial score (nSPS) is 24.7. The molecule has 5 nitrogen and oxygen atoms in total. The number of rotatable bonds is 7. The molecule has 0 saturated carbocycles. The van der Waals surface area contributed by atoms with E-state index in [1.165, 1.54) is 7.11 Å². The lowest BCUT2D eigenvalue weighted by Crippen LogP contribution is -2.41. The molecule has 3 atom stereocenters. The molecule has 0 N–H and O–H groups in total. The molecule has 1 aromatic rings. The number of esters is 1. The standard InChI is InChI=1S/C18H24O5/c1-20-13-22-16-11-10-15(23-17(16)12-18(19)21-2)9-8-14-6-4-3-5-7-14/h3-9,15-17H,10-13H2,1-2H3/b9-8+/t15-,16-,17+/m0/s1. The smallest absolute Gasteiger partial charge is 0.308 e. The molecule has 1 aromatic carbocycles. The Morgan fingerprint density at radius 1 is 1.26 bits per heavy atom. The van der Waals surface area contributed by atoms with E-state index in [2.05, 4.69) is 0 Å². The molecule has 126 valence electrons. The molecule has 0 aliphatic carbocycles. The second-order valence-corrected chi connectivity index (χ2v) is 5.45. The fourth-order valence-corrected chi connectivity index (χ4v) is 2.59. The van der Waals surface area contributed by atoms with Crippen LogP contribution in [0.25, 0.3) is 6.08 Å². The third-order valence-electron chi connectivity index (χ3n) is 3.80. The van der Waals surface area contributed by atoms with Crippen molar-refractivity contribution < 1.29 is 23.7 Å². The first-order chi connectivity index (χ1) is 11.2. The molecular weight excluding hydrogens is 296 g/mol. The number of benzene rings is 1. The summed E-state index contributed by atoms with van der Waals surface area (Å²) in [6.07, 6.45) is 5.40. The van der Waals surface area contributed by atoms with Crippen molar-refractivity contribution in [3.05, 3.63) is 42.0 Å². The summed E-state index contributed by atoms with van der Waals surface area (Å²) in [5.41, 5.74) is 1.12. The molecule has 1 heterocycles. The van der Waals surface area contributed by atoms with Crippen LogP contribution in [0.1, 0.15) is 24.8 Å². The molecule has 0 unspecified atom stereocenters.